The van der Waals surface area contributed by atoms with E-state index in [1.165, 1.54) is 4.68 Å². The Bertz CT molecular complexity index is 1320. The molecule has 2 aromatic carbocycles. The van der Waals surface area contributed by atoms with Gasteiger partial charge in [0.1, 0.15) is 5.75 Å². The average molecular weight is 570 g/mol. The molecule has 4 aromatic rings. The summed E-state index contributed by atoms with van der Waals surface area (Å²) in [6.45, 7) is 2.47. The molecule has 0 saturated carbocycles. The second kappa shape index (κ2) is 10.2. The van der Waals surface area contributed by atoms with Gasteiger partial charge >= 0.3 is 0 Å². The van der Waals surface area contributed by atoms with E-state index in [1.54, 1.807) is 47.4 Å². The first-order chi connectivity index (χ1) is 15.8. The Morgan fingerprint density at radius 3 is 2.58 bits per heavy atom. The van der Waals surface area contributed by atoms with Gasteiger partial charge in [0.05, 0.1) is 11.0 Å². The van der Waals surface area contributed by atoms with Crippen molar-refractivity contribution in [2.45, 2.75) is 20.2 Å². The van der Waals surface area contributed by atoms with Crippen LogP contribution < -0.4 is 10.1 Å². The molecule has 7 nitrogen and oxygen atoms in total. The van der Waals surface area contributed by atoms with Crippen LogP contribution in [0.1, 0.15) is 21.6 Å². The fraction of sp³-hybridized carbons (Fsp3) is 0.136. The van der Waals surface area contributed by atoms with Crippen LogP contribution in [-0.2, 0) is 13.3 Å². The molecular formula is C22H17BrCl3N5O2. The van der Waals surface area contributed by atoms with E-state index in [2.05, 4.69) is 31.4 Å². The third-order valence-electron chi connectivity index (χ3n) is 4.66. The lowest BCUT2D eigenvalue weighted by atomic mass is 10.2. The Labute approximate surface area is 213 Å². The number of amides is 1. The number of nitrogens with zero attached hydrogens (tertiary/aromatic N) is 4. The molecule has 2 aromatic heterocycles. The third kappa shape index (κ3) is 5.89. The van der Waals surface area contributed by atoms with Gasteiger partial charge in [0.15, 0.2) is 18.2 Å². The quantitative estimate of drug-likeness (QED) is 0.278. The standard InChI is InChI=1S/C22H17BrCl3N5O2/c1-13-8-15(24)4-5-20(13)33-12-30-7-6-19(28-30)22(32)27-21-17(23)11-31(29-21)10-14-2-3-16(25)9-18(14)26/h2-9,11H,10,12H2,1H3,(H,27,29,32). The summed E-state index contributed by atoms with van der Waals surface area (Å²) in [5.74, 6) is 0.663. The zero-order valence-corrected chi connectivity index (χ0v) is 21.1. The molecule has 1 N–H and O–H groups in total. The molecule has 0 spiro atoms. The molecule has 2 heterocycles. The van der Waals surface area contributed by atoms with Gasteiger partial charge in [-0.15, -0.1) is 0 Å². The molecule has 0 aliphatic carbocycles. The number of benzene rings is 2. The number of halogens is 4. The lowest BCUT2D eigenvalue weighted by molar-refractivity contribution is 0.101. The maximum Gasteiger partial charge on any atom is 0.277 e. The predicted molar refractivity (Wildman–Crippen MR) is 132 cm³/mol. The van der Waals surface area contributed by atoms with E-state index in [-0.39, 0.29) is 12.4 Å². The van der Waals surface area contributed by atoms with Crippen molar-refractivity contribution in [1.82, 2.24) is 19.6 Å². The summed E-state index contributed by atoms with van der Waals surface area (Å²) in [5, 5.41) is 13.2. The number of aromatic nitrogens is 4. The number of carbonyl (C=O) groups excluding carboxylic acids is 1. The van der Waals surface area contributed by atoms with E-state index in [4.69, 9.17) is 39.5 Å². The largest absolute Gasteiger partial charge is 0.471 e. The maximum absolute atomic E-state index is 12.7. The van der Waals surface area contributed by atoms with Crippen LogP contribution in [-0.4, -0.2) is 25.5 Å². The zero-order chi connectivity index (χ0) is 23.5. The normalized spacial score (nSPS) is 10.9. The molecule has 0 bridgehead atoms. The van der Waals surface area contributed by atoms with Crippen LogP contribution in [0.3, 0.4) is 0 Å². The zero-order valence-electron chi connectivity index (χ0n) is 17.2. The molecule has 11 heteroatoms. The summed E-state index contributed by atoms with van der Waals surface area (Å²) in [4.78, 5) is 12.7. The fourth-order valence-corrected chi connectivity index (χ4v) is 4.13. The van der Waals surface area contributed by atoms with Crippen molar-refractivity contribution < 1.29 is 9.53 Å². The van der Waals surface area contributed by atoms with Crippen LogP contribution in [0.15, 0.2) is 59.3 Å². The minimum Gasteiger partial charge on any atom is -0.471 e. The first kappa shape index (κ1) is 23.6. The Morgan fingerprint density at radius 1 is 1.06 bits per heavy atom. The summed E-state index contributed by atoms with van der Waals surface area (Å²) >= 11 is 21.6. The molecule has 1 amide bonds. The van der Waals surface area contributed by atoms with E-state index in [9.17, 15) is 4.79 Å². The summed E-state index contributed by atoms with van der Waals surface area (Å²) in [6.07, 6.45) is 3.41. The highest BCUT2D eigenvalue weighted by Crippen LogP contribution is 2.25. The van der Waals surface area contributed by atoms with Gasteiger partial charge in [0.25, 0.3) is 5.91 Å². The van der Waals surface area contributed by atoms with E-state index in [0.29, 0.717) is 37.7 Å². The highest BCUT2D eigenvalue weighted by atomic mass is 79.9. The first-order valence-electron chi connectivity index (χ1n) is 9.69. The lowest BCUT2D eigenvalue weighted by Gasteiger charge is -2.09. The van der Waals surface area contributed by atoms with E-state index >= 15 is 0 Å². The molecule has 0 aliphatic rings. The van der Waals surface area contributed by atoms with Gasteiger partial charge in [-0.05, 0) is 70.4 Å². The van der Waals surface area contributed by atoms with Crippen LogP contribution in [0.2, 0.25) is 15.1 Å². The number of carbonyl (C=O) groups is 1. The Kier molecular flexibility index (Phi) is 7.29. The summed E-state index contributed by atoms with van der Waals surface area (Å²) in [5.41, 5.74) is 1.99. The lowest BCUT2D eigenvalue weighted by Crippen LogP contribution is -2.15. The molecular weight excluding hydrogens is 553 g/mol. The van der Waals surface area contributed by atoms with Crippen molar-refractivity contribution in [2.24, 2.45) is 0 Å². The molecule has 0 fully saturated rings. The van der Waals surface area contributed by atoms with E-state index in [0.717, 1.165) is 11.1 Å². The van der Waals surface area contributed by atoms with Crippen LogP contribution >= 0.6 is 50.7 Å². The highest BCUT2D eigenvalue weighted by molar-refractivity contribution is 9.10. The maximum atomic E-state index is 12.7. The van der Waals surface area contributed by atoms with E-state index < -0.39 is 5.91 Å². The molecule has 0 radical (unpaired) electrons. The van der Waals surface area contributed by atoms with Gasteiger partial charge in [-0.2, -0.15) is 10.2 Å². The van der Waals surface area contributed by atoms with E-state index in [1.807, 2.05) is 19.1 Å². The van der Waals surface area contributed by atoms with Crippen molar-refractivity contribution in [3.05, 3.63) is 91.2 Å². The average Bonchev–Trinajstić information content (AvgIpc) is 3.36. The first-order valence-corrected chi connectivity index (χ1v) is 11.6. The third-order valence-corrected chi connectivity index (χ3v) is 6.06. The molecule has 33 heavy (non-hydrogen) atoms. The summed E-state index contributed by atoms with van der Waals surface area (Å²) < 4.78 is 9.57. The predicted octanol–water partition coefficient (Wildman–Crippen LogP) is 6.45. The number of nitrogens with one attached hydrogen (secondary N) is 1. The topological polar surface area (TPSA) is 74.0 Å². The van der Waals surface area contributed by atoms with Gasteiger partial charge in [0.2, 0.25) is 0 Å². The van der Waals surface area contributed by atoms with Gasteiger partial charge in [-0.1, -0.05) is 40.9 Å². The number of rotatable bonds is 7. The molecule has 170 valence electrons. The number of anilines is 1. The Hall–Kier alpha value is -2.52. The van der Waals surface area contributed by atoms with Crippen LogP contribution in [0.5, 0.6) is 5.75 Å². The SMILES string of the molecule is Cc1cc(Cl)ccc1OCn1ccc(C(=O)Nc2nn(Cc3ccc(Cl)cc3Cl)cc2Br)n1. The van der Waals surface area contributed by atoms with Crippen LogP contribution in [0.25, 0.3) is 0 Å². The van der Waals surface area contributed by atoms with Gasteiger partial charge in [-0.25, -0.2) is 4.68 Å². The summed E-state index contributed by atoms with van der Waals surface area (Å²) in [6, 6.07) is 12.2. The van der Waals surface area contributed by atoms with Crippen LogP contribution in [0, 0.1) is 6.92 Å². The van der Waals surface area contributed by atoms with Gasteiger partial charge in [-0.3, -0.25) is 9.48 Å². The summed E-state index contributed by atoms with van der Waals surface area (Å²) in [7, 11) is 0. The van der Waals surface area contributed by atoms with Crippen LogP contribution in [0.4, 0.5) is 5.82 Å². The fourth-order valence-electron chi connectivity index (χ4n) is 3.02. The van der Waals surface area contributed by atoms with Crippen molar-refractivity contribution >= 4 is 62.5 Å². The minimum absolute atomic E-state index is 0.149. The Morgan fingerprint density at radius 2 is 1.82 bits per heavy atom. The second-order valence-electron chi connectivity index (χ2n) is 7.14. The minimum atomic E-state index is -0.396. The molecule has 0 atom stereocenters. The molecule has 0 saturated heterocycles. The number of hydrogen-bond acceptors (Lipinski definition) is 4. The highest BCUT2D eigenvalue weighted by Gasteiger charge is 2.15. The van der Waals surface area contributed by atoms with Crippen molar-refractivity contribution in [1.29, 1.82) is 0 Å². The second-order valence-corrected chi connectivity index (χ2v) is 9.27. The number of ether oxygens (including phenoxy) is 1. The molecule has 4 rings (SSSR count). The van der Waals surface area contributed by atoms with Crippen molar-refractivity contribution in [3.8, 4) is 5.75 Å². The monoisotopic (exact) mass is 567 g/mol. The Balaban J connectivity index is 1.39. The number of aryl methyl sites for hydroxylation is 1. The van der Waals surface area contributed by atoms with Gasteiger partial charge < -0.3 is 10.1 Å². The number of hydrogen-bond donors (Lipinski definition) is 1. The van der Waals surface area contributed by atoms with Crippen molar-refractivity contribution in [2.75, 3.05) is 5.32 Å². The van der Waals surface area contributed by atoms with Crippen molar-refractivity contribution in [3.63, 3.8) is 0 Å². The molecule has 0 aliphatic heterocycles. The molecule has 0 unspecified atom stereocenters. The smallest absolute Gasteiger partial charge is 0.277 e. The van der Waals surface area contributed by atoms with Gasteiger partial charge in [0, 0.05) is 27.5 Å².